The van der Waals surface area contributed by atoms with E-state index in [1.54, 1.807) is 11.8 Å². The van der Waals surface area contributed by atoms with E-state index in [1.165, 1.54) is 10.5 Å². The van der Waals surface area contributed by atoms with Crippen LogP contribution in [0.1, 0.15) is 15.9 Å². The van der Waals surface area contributed by atoms with E-state index in [4.69, 9.17) is 4.74 Å². The number of benzene rings is 2. The topological polar surface area (TPSA) is 41.6 Å². The largest absolute Gasteiger partial charge is 0.378 e. The molecule has 2 aromatic rings. The van der Waals surface area contributed by atoms with Gasteiger partial charge in [0.25, 0.3) is 5.91 Å². The minimum absolute atomic E-state index is 0.0157. The van der Waals surface area contributed by atoms with Crippen molar-refractivity contribution in [2.45, 2.75) is 11.8 Å². The van der Waals surface area contributed by atoms with Gasteiger partial charge in [-0.1, -0.05) is 17.7 Å². The molecule has 0 atom stereocenters. The van der Waals surface area contributed by atoms with Crippen LogP contribution in [-0.4, -0.2) is 44.5 Å². The fraction of sp³-hybridized carbons (Fsp3) is 0.350. The van der Waals surface area contributed by atoms with Crippen molar-refractivity contribution < 1.29 is 9.53 Å². The van der Waals surface area contributed by atoms with Crippen LogP contribution in [0.25, 0.3) is 0 Å². The monoisotopic (exact) mass is 356 g/mol. The summed E-state index contributed by atoms with van der Waals surface area (Å²) in [6.45, 7) is 6.08. The first-order valence-electron chi connectivity index (χ1n) is 8.63. The zero-order valence-corrected chi connectivity index (χ0v) is 15.3. The molecule has 2 aromatic carbocycles. The van der Waals surface area contributed by atoms with Crippen LogP contribution in [0.15, 0.2) is 53.4 Å². The van der Waals surface area contributed by atoms with Crippen molar-refractivity contribution in [1.29, 1.82) is 0 Å². The van der Waals surface area contributed by atoms with Crippen molar-refractivity contribution in [2.24, 2.45) is 0 Å². The number of rotatable bonds is 6. The number of carbonyl (C=O) groups is 1. The number of anilines is 1. The maximum atomic E-state index is 12.2. The number of hydrogen-bond acceptors (Lipinski definition) is 4. The molecule has 1 amide bonds. The van der Waals surface area contributed by atoms with Crippen LogP contribution < -0.4 is 10.2 Å². The second-order valence-corrected chi connectivity index (χ2v) is 7.23. The molecule has 0 bridgehead atoms. The number of amides is 1. The minimum atomic E-state index is -0.0157. The molecule has 0 aliphatic carbocycles. The quantitative estimate of drug-likeness (QED) is 0.637. The first-order valence-corrected chi connectivity index (χ1v) is 9.61. The average molecular weight is 356 g/mol. The lowest BCUT2D eigenvalue weighted by molar-refractivity contribution is 0.0956. The zero-order valence-electron chi connectivity index (χ0n) is 14.5. The van der Waals surface area contributed by atoms with E-state index in [2.05, 4.69) is 41.4 Å². The molecule has 0 saturated carbocycles. The highest BCUT2D eigenvalue weighted by molar-refractivity contribution is 7.99. The fourth-order valence-corrected chi connectivity index (χ4v) is 3.48. The minimum Gasteiger partial charge on any atom is -0.378 e. The van der Waals surface area contributed by atoms with E-state index in [-0.39, 0.29) is 5.91 Å². The smallest absolute Gasteiger partial charge is 0.251 e. The molecule has 1 heterocycles. The van der Waals surface area contributed by atoms with Gasteiger partial charge < -0.3 is 15.0 Å². The molecule has 1 N–H and O–H groups in total. The van der Waals surface area contributed by atoms with Crippen molar-refractivity contribution in [3.63, 3.8) is 0 Å². The summed E-state index contributed by atoms with van der Waals surface area (Å²) in [5.74, 6) is 0.846. The number of nitrogens with zero attached hydrogens (tertiary/aromatic N) is 1. The number of hydrogen-bond donors (Lipinski definition) is 1. The second-order valence-electron chi connectivity index (χ2n) is 6.06. The molecule has 3 rings (SSSR count). The van der Waals surface area contributed by atoms with Crippen LogP contribution in [0.2, 0.25) is 0 Å². The molecule has 1 aliphatic heterocycles. The summed E-state index contributed by atoms with van der Waals surface area (Å²) >= 11 is 1.75. The van der Waals surface area contributed by atoms with Gasteiger partial charge in [-0.25, -0.2) is 0 Å². The summed E-state index contributed by atoms with van der Waals surface area (Å²) < 4.78 is 5.37. The van der Waals surface area contributed by atoms with E-state index in [0.717, 1.165) is 37.7 Å². The van der Waals surface area contributed by atoms with Crippen molar-refractivity contribution >= 4 is 23.4 Å². The normalized spacial score (nSPS) is 14.4. The molecule has 1 saturated heterocycles. The molecule has 0 radical (unpaired) electrons. The molecule has 1 aliphatic rings. The zero-order chi connectivity index (χ0) is 17.5. The number of aryl methyl sites for hydroxylation is 1. The van der Waals surface area contributed by atoms with Crippen LogP contribution in [0, 0.1) is 6.92 Å². The summed E-state index contributed by atoms with van der Waals surface area (Å²) in [5.41, 5.74) is 3.12. The molecule has 5 heteroatoms. The first kappa shape index (κ1) is 17.8. The molecule has 0 aromatic heterocycles. The molecule has 1 fully saturated rings. The van der Waals surface area contributed by atoms with Crippen molar-refractivity contribution in [1.82, 2.24) is 5.32 Å². The number of nitrogens with one attached hydrogen (secondary N) is 1. The summed E-state index contributed by atoms with van der Waals surface area (Å²) in [7, 11) is 0. The summed E-state index contributed by atoms with van der Waals surface area (Å²) in [6, 6.07) is 16.3. The Hall–Kier alpha value is -1.98. The first-order chi connectivity index (χ1) is 12.2. The van der Waals surface area contributed by atoms with Crippen LogP contribution >= 0.6 is 11.8 Å². The highest BCUT2D eigenvalue weighted by Crippen LogP contribution is 2.18. The average Bonchev–Trinajstić information content (AvgIpc) is 2.67. The number of carbonyl (C=O) groups excluding carboxylic acids is 1. The van der Waals surface area contributed by atoms with E-state index >= 15 is 0 Å². The lowest BCUT2D eigenvalue weighted by Gasteiger charge is -2.28. The Labute approximate surface area is 153 Å². The Bertz CT molecular complexity index is 680. The SMILES string of the molecule is Cc1ccc(SCCNC(=O)c2ccc(N3CCOCC3)cc2)cc1. The lowest BCUT2D eigenvalue weighted by atomic mass is 10.1. The maximum Gasteiger partial charge on any atom is 0.251 e. The van der Waals surface area contributed by atoms with Gasteiger partial charge in [0, 0.05) is 41.5 Å². The highest BCUT2D eigenvalue weighted by Gasteiger charge is 2.12. The van der Waals surface area contributed by atoms with Gasteiger partial charge in [-0.05, 0) is 43.3 Å². The Morgan fingerprint density at radius 1 is 1.08 bits per heavy atom. The van der Waals surface area contributed by atoms with Crippen molar-refractivity contribution in [2.75, 3.05) is 43.5 Å². The Kier molecular flexibility index (Phi) is 6.36. The van der Waals surface area contributed by atoms with Gasteiger partial charge in [-0.3, -0.25) is 4.79 Å². The molecule has 25 heavy (non-hydrogen) atoms. The van der Waals surface area contributed by atoms with Crippen LogP contribution in [0.5, 0.6) is 0 Å². The molecule has 0 spiro atoms. The van der Waals surface area contributed by atoms with E-state index in [0.29, 0.717) is 12.1 Å². The van der Waals surface area contributed by atoms with Gasteiger partial charge >= 0.3 is 0 Å². The highest BCUT2D eigenvalue weighted by atomic mass is 32.2. The van der Waals surface area contributed by atoms with Crippen molar-refractivity contribution in [3.8, 4) is 0 Å². The second kappa shape index (κ2) is 8.92. The molecular weight excluding hydrogens is 332 g/mol. The third-order valence-corrected chi connectivity index (χ3v) is 5.20. The van der Waals surface area contributed by atoms with Crippen LogP contribution in [0.3, 0.4) is 0 Å². The molecule has 4 nitrogen and oxygen atoms in total. The third-order valence-electron chi connectivity index (χ3n) is 4.18. The predicted octanol–water partition coefficient (Wildman–Crippen LogP) is 3.35. The van der Waals surface area contributed by atoms with E-state index < -0.39 is 0 Å². The standard InChI is InChI=1S/C20H24N2O2S/c1-16-2-8-19(9-3-16)25-15-10-21-20(23)17-4-6-18(7-5-17)22-11-13-24-14-12-22/h2-9H,10-15H2,1H3,(H,21,23). The van der Waals surface area contributed by atoms with Gasteiger partial charge in [0.1, 0.15) is 0 Å². The summed E-state index contributed by atoms with van der Waals surface area (Å²) in [4.78, 5) is 15.7. The van der Waals surface area contributed by atoms with Gasteiger partial charge in [0.2, 0.25) is 0 Å². The Morgan fingerprint density at radius 3 is 2.44 bits per heavy atom. The molecule has 132 valence electrons. The van der Waals surface area contributed by atoms with Gasteiger partial charge in [-0.2, -0.15) is 0 Å². The number of ether oxygens (including phenoxy) is 1. The van der Waals surface area contributed by atoms with Gasteiger partial charge in [0.15, 0.2) is 0 Å². The summed E-state index contributed by atoms with van der Waals surface area (Å²) in [6.07, 6.45) is 0. The van der Waals surface area contributed by atoms with Gasteiger partial charge in [0.05, 0.1) is 13.2 Å². The maximum absolute atomic E-state index is 12.2. The van der Waals surface area contributed by atoms with Crippen LogP contribution in [-0.2, 0) is 4.74 Å². The Morgan fingerprint density at radius 2 is 1.76 bits per heavy atom. The van der Waals surface area contributed by atoms with Crippen LogP contribution in [0.4, 0.5) is 5.69 Å². The summed E-state index contributed by atoms with van der Waals surface area (Å²) in [5, 5.41) is 2.99. The number of morpholine rings is 1. The Balaban J connectivity index is 1.43. The van der Waals surface area contributed by atoms with Crippen molar-refractivity contribution in [3.05, 3.63) is 59.7 Å². The number of thioether (sulfide) groups is 1. The van der Waals surface area contributed by atoms with Gasteiger partial charge in [-0.15, -0.1) is 11.8 Å². The predicted molar refractivity (Wildman–Crippen MR) is 104 cm³/mol. The molecule has 0 unspecified atom stereocenters. The lowest BCUT2D eigenvalue weighted by Crippen LogP contribution is -2.36. The fourth-order valence-electron chi connectivity index (χ4n) is 2.72. The van der Waals surface area contributed by atoms with E-state index in [9.17, 15) is 4.79 Å². The molecular formula is C20H24N2O2S. The third kappa shape index (κ3) is 5.25. The van der Waals surface area contributed by atoms with E-state index in [1.807, 2.05) is 24.3 Å².